The molecule has 0 saturated carbocycles. The zero-order valence-electron chi connectivity index (χ0n) is 8.13. The zero-order valence-corrected chi connectivity index (χ0v) is 9.71. The van der Waals surface area contributed by atoms with Crippen molar-refractivity contribution < 1.29 is 8.78 Å². The molecule has 0 aromatic carbocycles. The van der Waals surface area contributed by atoms with Crippen LogP contribution in [-0.4, -0.2) is 11.3 Å². The van der Waals surface area contributed by atoms with E-state index >= 15 is 0 Å². The molecular formula is C9H17BrF2. The topological polar surface area (TPSA) is 0 Å². The average molecular weight is 243 g/mol. The number of hydrogen-bond acceptors (Lipinski definition) is 0. The second kappa shape index (κ2) is 4.03. The third-order valence-corrected chi connectivity index (χ3v) is 2.80. The molecule has 3 heteroatoms. The van der Waals surface area contributed by atoms with Gasteiger partial charge in [0.25, 0.3) is 0 Å². The number of alkyl halides is 3. The molecule has 0 amide bonds. The fourth-order valence-electron chi connectivity index (χ4n) is 1.02. The van der Waals surface area contributed by atoms with Gasteiger partial charge in [0.2, 0.25) is 5.92 Å². The summed E-state index contributed by atoms with van der Waals surface area (Å²) in [6.45, 7) is 6.95. The van der Waals surface area contributed by atoms with Crippen LogP contribution in [0.25, 0.3) is 0 Å². The van der Waals surface area contributed by atoms with E-state index in [-0.39, 0.29) is 17.8 Å². The molecule has 0 spiro atoms. The molecule has 12 heavy (non-hydrogen) atoms. The van der Waals surface area contributed by atoms with Gasteiger partial charge in [0.1, 0.15) is 0 Å². The third kappa shape index (κ3) is 5.07. The first-order valence-electron chi connectivity index (χ1n) is 4.10. The highest BCUT2D eigenvalue weighted by Crippen LogP contribution is 2.35. The van der Waals surface area contributed by atoms with Crippen LogP contribution in [0.15, 0.2) is 0 Å². The van der Waals surface area contributed by atoms with Crippen LogP contribution in [0.1, 0.15) is 34.1 Å². The van der Waals surface area contributed by atoms with E-state index in [1.54, 1.807) is 0 Å². The van der Waals surface area contributed by atoms with Crippen molar-refractivity contribution in [3.8, 4) is 0 Å². The van der Waals surface area contributed by atoms with E-state index in [2.05, 4.69) is 15.9 Å². The molecule has 74 valence electrons. The van der Waals surface area contributed by atoms with Crippen LogP contribution in [0, 0.1) is 11.3 Å². The van der Waals surface area contributed by atoms with Crippen LogP contribution in [-0.2, 0) is 0 Å². The largest absolute Gasteiger partial charge is 0.245 e. The highest BCUT2D eigenvalue weighted by atomic mass is 79.9. The summed E-state index contributed by atoms with van der Waals surface area (Å²) in [5, 5.41) is 0.639. The Balaban J connectivity index is 4.20. The number of rotatable bonds is 3. The summed E-state index contributed by atoms with van der Waals surface area (Å²) in [7, 11) is 0. The molecule has 0 nitrogen and oxygen atoms in total. The van der Waals surface area contributed by atoms with E-state index in [9.17, 15) is 8.78 Å². The monoisotopic (exact) mass is 242 g/mol. The lowest BCUT2D eigenvalue weighted by Crippen LogP contribution is -2.28. The highest BCUT2D eigenvalue weighted by molar-refractivity contribution is 9.09. The average Bonchev–Trinajstić information content (AvgIpc) is 1.78. The predicted molar refractivity (Wildman–Crippen MR) is 52.0 cm³/mol. The minimum atomic E-state index is -2.55. The van der Waals surface area contributed by atoms with Crippen LogP contribution in [0.5, 0.6) is 0 Å². The molecular weight excluding hydrogens is 226 g/mol. The molecule has 0 aromatic heterocycles. The van der Waals surface area contributed by atoms with Crippen LogP contribution in [0.4, 0.5) is 8.78 Å². The summed E-state index contributed by atoms with van der Waals surface area (Å²) in [5.41, 5.74) is -0.0526. The molecule has 0 aliphatic heterocycles. The van der Waals surface area contributed by atoms with Gasteiger partial charge in [-0.15, -0.1) is 0 Å². The fraction of sp³-hybridized carbons (Fsp3) is 1.00. The summed E-state index contributed by atoms with van der Waals surface area (Å²) >= 11 is 3.27. The zero-order chi connectivity index (χ0) is 9.99. The SMILES string of the molecule is CC(F)(F)CC(CBr)C(C)(C)C. The molecule has 0 N–H and O–H groups in total. The Kier molecular flexibility index (Phi) is 4.15. The lowest BCUT2D eigenvalue weighted by Gasteiger charge is -2.31. The normalized spacial score (nSPS) is 16.2. The van der Waals surface area contributed by atoms with Gasteiger partial charge in [-0.2, -0.15) is 0 Å². The van der Waals surface area contributed by atoms with Crippen molar-refractivity contribution >= 4 is 15.9 Å². The first-order valence-corrected chi connectivity index (χ1v) is 5.23. The molecule has 0 rings (SSSR count). The molecule has 0 aliphatic rings. The second-order valence-corrected chi connectivity index (χ2v) is 5.14. The van der Waals surface area contributed by atoms with Crippen LogP contribution < -0.4 is 0 Å². The van der Waals surface area contributed by atoms with Gasteiger partial charge in [-0.1, -0.05) is 36.7 Å². The Morgan fingerprint density at radius 3 is 1.67 bits per heavy atom. The van der Waals surface area contributed by atoms with Crippen molar-refractivity contribution in [2.75, 3.05) is 5.33 Å². The maximum absolute atomic E-state index is 12.7. The maximum atomic E-state index is 12.7. The standard InChI is InChI=1S/C9H17BrF2/c1-8(2,3)7(6-10)5-9(4,11)12/h7H,5-6H2,1-4H3. The number of halogens is 3. The molecule has 0 bridgehead atoms. The Labute approximate surface area is 81.9 Å². The summed E-state index contributed by atoms with van der Waals surface area (Å²) in [6, 6.07) is 0. The summed E-state index contributed by atoms with van der Waals surface area (Å²) < 4.78 is 25.3. The minimum absolute atomic E-state index is 0.0255. The van der Waals surface area contributed by atoms with E-state index in [1.165, 1.54) is 0 Å². The maximum Gasteiger partial charge on any atom is 0.245 e. The molecule has 0 aromatic rings. The Morgan fingerprint density at radius 1 is 1.17 bits per heavy atom. The molecule has 0 heterocycles. The molecule has 1 atom stereocenters. The van der Waals surface area contributed by atoms with E-state index in [0.717, 1.165) is 6.92 Å². The Bertz CT molecular complexity index is 132. The van der Waals surface area contributed by atoms with E-state index < -0.39 is 5.92 Å². The Morgan fingerprint density at radius 2 is 1.58 bits per heavy atom. The van der Waals surface area contributed by atoms with Gasteiger partial charge < -0.3 is 0 Å². The smallest absolute Gasteiger partial charge is 0.207 e. The van der Waals surface area contributed by atoms with Crippen LogP contribution >= 0.6 is 15.9 Å². The van der Waals surface area contributed by atoms with Crippen molar-refractivity contribution in [2.24, 2.45) is 11.3 Å². The molecule has 0 fully saturated rings. The molecule has 0 aliphatic carbocycles. The first-order chi connectivity index (χ1) is 5.17. The summed E-state index contributed by atoms with van der Waals surface area (Å²) in [6.07, 6.45) is -0.0399. The second-order valence-electron chi connectivity index (χ2n) is 4.49. The van der Waals surface area contributed by atoms with E-state index in [4.69, 9.17) is 0 Å². The molecule has 1 unspecified atom stereocenters. The highest BCUT2D eigenvalue weighted by Gasteiger charge is 2.32. The van der Waals surface area contributed by atoms with Crippen molar-refractivity contribution in [1.29, 1.82) is 0 Å². The third-order valence-electron chi connectivity index (χ3n) is 2.02. The van der Waals surface area contributed by atoms with E-state index in [0.29, 0.717) is 5.33 Å². The van der Waals surface area contributed by atoms with Crippen LogP contribution in [0.2, 0.25) is 0 Å². The lowest BCUT2D eigenvalue weighted by molar-refractivity contribution is -0.0160. The van der Waals surface area contributed by atoms with Gasteiger partial charge >= 0.3 is 0 Å². The van der Waals surface area contributed by atoms with Crippen molar-refractivity contribution in [1.82, 2.24) is 0 Å². The molecule has 0 radical (unpaired) electrons. The van der Waals surface area contributed by atoms with E-state index in [1.807, 2.05) is 20.8 Å². The lowest BCUT2D eigenvalue weighted by atomic mass is 9.79. The van der Waals surface area contributed by atoms with Gasteiger partial charge in [-0.3, -0.25) is 0 Å². The van der Waals surface area contributed by atoms with Crippen LogP contribution in [0.3, 0.4) is 0 Å². The van der Waals surface area contributed by atoms with Crippen molar-refractivity contribution in [2.45, 2.75) is 40.0 Å². The summed E-state index contributed by atoms with van der Waals surface area (Å²) in [5.74, 6) is -2.52. The summed E-state index contributed by atoms with van der Waals surface area (Å²) in [4.78, 5) is 0. The van der Waals surface area contributed by atoms with Gasteiger partial charge in [0.05, 0.1) is 0 Å². The minimum Gasteiger partial charge on any atom is -0.207 e. The fourth-order valence-corrected chi connectivity index (χ4v) is 2.22. The number of hydrogen-bond donors (Lipinski definition) is 0. The quantitative estimate of drug-likeness (QED) is 0.655. The van der Waals surface area contributed by atoms with Crippen molar-refractivity contribution in [3.05, 3.63) is 0 Å². The molecule has 0 saturated heterocycles. The first kappa shape index (κ1) is 12.3. The van der Waals surface area contributed by atoms with Gasteiger partial charge in [-0.25, -0.2) is 8.78 Å². The van der Waals surface area contributed by atoms with Gasteiger partial charge in [0, 0.05) is 11.8 Å². The van der Waals surface area contributed by atoms with Gasteiger partial charge in [0.15, 0.2) is 0 Å². The predicted octanol–water partition coefficient (Wildman–Crippen LogP) is 4.09. The van der Waals surface area contributed by atoms with Gasteiger partial charge in [-0.05, 0) is 18.3 Å². The Hall–Kier alpha value is 0.340. The van der Waals surface area contributed by atoms with Crippen molar-refractivity contribution in [3.63, 3.8) is 0 Å².